The summed E-state index contributed by atoms with van der Waals surface area (Å²) in [6, 6.07) is 4.50. The fourth-order valence-electron chi connectivity index (χ4n) is 4.53. The van der Waals surface area contributed by atoms with Crippen LogP contribution in [-0.2, 0) is 4.79 Å². The first-order chi connectivity index (χ1) is 11.8. The molecule has 0 radical (unpaired) electrons. The highest BCUT2D eigenvalue weighted by atomic mass is 35.5. The van der Waals surface area contributed by atoms with Crippen LogP contribution in [0.25, 0.3) is 0 Å². The Bertz CT molecular complexity index is 563. The van der Waals surface area contributed by atoms with Gasteiger partial charge in [-0.2, -0.15) is 0 Å². The Morgan fingerprint density at radius 2 is 1.85 bits per heavy atom. The molecule has 146 valence electrons. The molecule has 2 N–H and O–H groups in total. The van der Waals surface area contributed by atoms with Gasteiger partial charge in [-0.25, -0.2) is 4.98 Å². The zero-order chi connectivity index (χ0) is 16.4. The third-order valence-corrected chi connectivity index (χ3v) is 5.90. The molecule has 3 heterocycles. The molecule has 3 atom stereocenters. The molecule has 1 amide bonds. The van der Waals surface area contributed by atoms with Crippen LogP contribution in [0.3, 0.4) is 0 Å². The van der Waals surface area contributed by atoms with Gasteiger partial charge in [0.05, 0.1) is 17.9 Å². The van der Waals surface area contributed by atoms with Crippen LogP contribution in [-0.4, -0.2) is 36.1 Å². The van der Waals surface area contributed by atoms with Crippen LogP contribution in [0.4, 0.5) is 11.5 Å². The van der Waals surface area contributed by atoms with Gasteiger partial charge >= 0.3 is 0 Å². The van der Waals surface area contributed by atoms with Gasteiger partial charge in [-0.1, -0.05) is 12.8 Å². The molecule has 4 rings (SSSR count). The maximum Gasteiger partial charge on any atom is 0.242 e. The van der Waals surface area contributed by atoms with Crippen LogP contribution < -0.4 is 15.5 Å². The normalized spacial score (nSPS) is 27.7. The van der Waals surface area contributed by atoms with E-state index in [1.54, 1.807) is 0 Å². The summed E-state index contributed by atoms with van der Waals surface area (Å²) in [5.41, 5.74) is 1.16. The average Bonchev–Trinajstić information content (AvgIpc) is 3.07. The molecule has 3 aliphatic rings. The molecule has 7 heteroatoms. The van der Waals surface area contributed by atoms with Gasteiger partial charge in [0.15, 0.2) is 0 Å². The van der Waals surface area contributed by atoms with Gasteiger partial charge in [-0.15, -0.1) is 24.8 Å². The van der Waals surface area contributed by atoms with Crippen LogP contribution in [0.5, 0.6) is 0 Å². The number of rotatable bonds is 3. The van der Waals surface area contributed by atoms with E-state index in [9.17, 15) is 4.79 Å². The maximum atomic E-state index is 12.5. The topological polar surface area (TPSA) is 57.3 Å². The molecule has 0 bridgehead atoms. The van der Waals surface area contributed by atoms with Crippen molar-refractivity contribution in [3.63, 3.8) is 0 Å². The average molecular weight is 401 g/mol. The zero-order valence-electron chi connectivity index (χ0n) is 15.2. The second-order valence-electron chi connectivity index (χ2n) is 7.54. The first-order valence-corrected chi connectivity index (χ1v) is 9.57. The number of piperidine rings is 1. The van der Waals surface area contributed by atoms with Crippen molar-refractivity contribution in [2.75, 3.05) is 23.3 Å². The number of nitrogens with one attached hydrogen (secondary N) is 2. The summed E-state index contributed by atoms with van der Waals surface area (Å²) >= 11 is 0. The van der Waals surface area contributed by atoms with E-state index in [0.717, 1.165) is 25.2 Å². The predicted octanol–water partition coefficient (Wildman–Crippen LogP) is 3.77. The molecule has 2 saturated heterocycles. The lowest BCUT2D eigenvalue weighted by atomic mass is 9.85. The number of hydrogen-bond acceptors (Lipinski definition) is 4. The number of carbonyl (C=O) groups is 1. The number of anilines is 2. The van der Waals surface area contributed by atoms with Gasteiger partial charge in [0.1, 0.15) is 5.82 Å². The highest BCUT2D eigenvalue weighted by molar-refractivity contribution is 5.94. The summed E-state index contributed by atoms with van der Waals surface area (Å²) in [6.07, 6.45) is 11.8. The summed E-state index contributed by atoms with van der Waals surface area (Å²) in [7, 11) is 0. The number of aromatic nitrogens is 1. The number of fused-ring (bicyclic) bond motifs is 1. The maximum absolute atomic E-state index is 12.5. The van der Waals surface area contributed by atoms with Crippen molar-refractivity contribution in [3.05, 3.63) is 18.3 Å². The monoisotopic (exact) mass is 400 g/mol. The number of nitrogens with zero attached hydrogens (tertiary/aromatic N) is 2. The molecular weight excluding hydrogens is 371 g/mol. The summed E-state index contributed by atoms with van der Waals surface area (Å²) in [4.78, 5) is 19.4. The van der Waals surface area contributed by atoms with Gasteiger partial charge in [-0.05, 0) is 56.6 Å². The fourth-order valence-corrected chi connectivity index (χ4v) is 4.53. The van der Waals surface area contributed by atoms with E-state index < -0.39 is 0 Å². The summed E-state index contributed by atoms with van der Waals surface area (Å²) < 4.78 is 0. The number of amides is 1. The Morgan fingerprint density at radius 1 is 1.08 bits per heavy atom. The van der Waals surface area contributed by atoms with Crippen LogP contribution in [0.2, 0.25) is 0 Å². The van der Waals surface area contributed by atoms with Gasteiger partial charge in [-0.3, -0.25) is 4.79 Å². The van der Waals surface area contributed by atoms with Crippen molar-refractivity contribution in [1.29, 1.82) is 0 Å². The van der Waals surface area contributed by atoms with E-state index in [4.69, 9.17) is 0 Å². The molecule has 1 saturated carbocycles. The highest BCUT2D eigenvalue weighted by Gasteiger charge is 2.38. The lowest BCUT2D eigenvalue weighted by molar-refractivity contribution is -0.117. The Hall–Kier alpha value is -1.04. The smallest absolute Gasteiger partial charge is 0.242 e. The van der Waals surface area contributed by atoms with Crippen molar-refractivity contribution in [1.82, 2.24) is 10.3 Å². The molecule has 1 aliphatic carbocycles. The molecule has 0 aromatic carbocycles. The Balaban J connectivity index is 0.00000121. The Morgan fingerprint density at radius 3 is 2.54 bits per heavy atom. The minimum absolute atomic E-state index is 0. The van der Waals surface area contributed by atoms with Gasteiger partial charge in [0.25, 0.3) is 0 Å². The Labute approximate surface area is 168 Å². The third kappa shape index (κ3) is 4.81. The van der Waals surface area contributed by atoms with Crippen molar-refractivity contribution in [3.8, 4) is 0 Å². The molecular formula is C19H30Cl2N4O. The quantitative estimate of drug-likeness (QED) is 0.810. The lowest BCUT2D eigenvalue weighted by Crippen LogP contribution is -2.40. The van der Waals surface area contributed by atoms with Crippen molar-refractivity contribution in [2.24, 2.45) is 5.92 Å². The zero-order valence-corrected chi connectivity index (χ0v) is 16.8. The van der Waals surface area contributed by atoms with E-state index in [0.29, 0.717) is 17.8 Å². The van der Waals surface area contributed by atoms with Crippen molar-refractivity contribution in [2.45, 2.75) is 63.5 Å². The third-order valence-electron chi connectivity index (χ3n) is 5.90. The fraction of sp³-hybridized carbons (Fsp3) is 0.684. The van der Waals surface area contributed by atoms with E-state index in [1.165, 1.54) is 44.9 Å². The molecule has 3 fully saturated rings. The SMILES string of the molecule is Cl.Cl.O=C(Nc1ccc(N2CCCCC2)cn1)C1CC2CCCCC2N1. The van der Waals surface area contributed by atoms with Gasteiger partial charge in [0, 0.05) is 19.1 Å². The molecule has 5 nitrogen and oxygen atoms in total. The number of carbonyl (C=O) groups excluding carboxylic acids is 1. The highest BCUT2D eigenvalue weighted by Crippen LogP contribution is 2.33. The number of hydrogen-bond donors (Lipinski definition) is 2. The van der Waals surface area contributed by atoms with E-state index in [2.05, 4.69) is 26.6 Å². The van der Waals surface area contributed by atoms with E-state index in [1.807, 2.05) is 12.3 Å². The molecule has 1 aromatic heterocycles. The van der Waals surface area contributed by atoms with Crippen molar-refractivity contribution < 1.29 is 4.79 Å². The summed E-state index contributed by atoms with van der Waals surface area (Å²) in [5, 5.41) is 6.52. The lowest BCUT2D eigenvalue weighted by Gasteiger charge is -2.28. The molecule has 26 heavy (non-hydrogen) atoms. The van der Waals surface area contributed by atoms with Crippen LogP contribution in [0, 0.1) is 5.92 Å². The van der Waals surface area contributed by atoms with E-state index in [-0.39, 0.29) is 36.8 Å². The minimum atomic E-state index is -0.0540. The largest absolute Gasteiger partial charge is 0.370 e. The first-order valence-electron chi connectivity index (χ1n) is 9.57. The predicted molar refractivity (Wildman–Crippen MR) is 111 cm³/mol. The second kappa shape index (κ2) is 9.77. The van der Waals surface area contributed by atoms with Crippen LogP contribution in [0.15, 0.2) is 18.3 Å². The molecule has 1 aromatic rings. The Kier molecular flexibility index (Phi) is 7.99. The van der Waals surface area contributed by atoms with Crippen molar-refractivity contribution >= 4 is 42.2 Å². The molecule has 0 spiro atoms. The summed E-state index contributed by atoms with van der Waals surface area (Å²) in [5.74, 6) is 1.42. The first kappa shape index (κ1) is 21.3. The van der Waals surface area contributed by atoms with Crippen LogP contribution in [0.1, 0.15) is 51.4 Å². The van der Waals surface area contributed by atoms with E-state index >= 15 is 0 Å². The second-order valence-corrected chi connectivity index (χ2v) is 7.54. The minimum Gasteiger partial charge on any atom is -0.370 e. The standard InChI is InChI=1S/C19H28N4O.2ClH/c24-19(17-12-14-6-2-3-7-16(14)21-17)22-18-9-8-15(13-20-18)23-10-4-1-5-11-23;;/h8-9,13-14,16-17,21H,1-7,10-12H2,(H,20,22,24);2*1H. The van der Waals surface area contributed by atoms with Gasteiger partial charge in [0.2, 0.25) is 5.91 Å². The molecule has 2 aliphatic heterocycles. The van der Waals surface area contributed by atoms with Crippen LogP contribution >= 0.6 is 24.8 Å². The number of halogens is 2. The van der Waals surface area contributed by atoms with Gasteiger partial charge < -0.3 is 15.5 Å². The number of pyridine rings is 1. The molecule has 3 unspecified atom stereocenters. The summed E-state index contributed by atoms with van der Waals surface area (Å²) in [6.45, 7) is 2.23.